The fourth-order valence-corrected chi connectivity index (χ4v) is 1.87. The Morgan fingerprint density at radius 3 is 2.08 bits per heavy atom. The molecular weight excluding hydrogens is 150 g/mol. The zero-order chi connectivity index (χ0) is 8.81. The maximum Gasteiger partial charge on any atom is 0.0639 e. The number of hydrogen-bond acceptors (Lipinski definition) is 2. The molecule has 0 aromatic carbocycles. The Hall–Kier alpha value is -0.0800. The van der Waals surface area contributed by atoms with Crippen LogP contribution in [0.3, 0.4) is 0 Å². The van der Waals surface area contributed by atoms with Crippen LogP contribution in [0.4, 0.5) is 0 Å². The van der Waals surface area contributed by atoms with Crippen LogP contribution in [0.2, 0.25) is 0 Å². The van der Waals surface area contributed by atoms with E-state index in [-0.39, 0.29) is 6.10 Å². The molecule has 2 heteroatoms. The molecule has 72 valence electrons. The standard InChI is InChI=1S/C10H21NO/c1-10(12)9-11-7-5-3-2-4-6-8-11/h10,12H,2-9H2,1H3/t10-/m0/s1. The average Bonchev–Trinajstić information content (AvgIpc) is 1.93. The van der Waals surface area contributed by atoms with Gasteiger partial charge in [-0.1, -0.05) is 19.3 Å². The maximum atomic E-state index is 9.23. The highest BCUT2D eigenvalue weighted by Crippen LogP contribution is 2.10. The van der Waals surface area contributed by atoms with Gasteiger partial charge in [-0.3, -0.25) is 0 Å². The van der Waals surface area contributed by atoms with Crippen LogP contribution in [-0.4, -0.2) is 35.7 Å². The molecule has 1 aliphatic heterocycles. The lowest BCUT2D eigenvalue weighted by Gasteiger charge is -2.25. The zero-order valence-electron chi connectivity index (χ0n) is 8.13. The summed E-state index contributed by atoms with van der Waals surface area (Å²) in [5.41, 5.74) is 0. The average molecular weight is 171 g/mol. The van der Waals surface area contributed by atoms with Crippen molar-refractivity contribution in [1.29, 1.82) is 0 Å². The smallest absolute Gasteiger partial charge is 0.0639 e. The molecule has 1 heterocycles. The van der Waals surface area contributed by atoms with E-state index in [1.54, 1.807) is 0 Å². The molecule has 0 aromatic rings. The van der Waals surface area contributed by atoms with Gasteiger partial charge in [0, 0.05) is 6.54 Å². The normalized spacial score (nSPS) is 24.5. The van der Waals surface area contributed by atoms with Gasteiger partial charge in [-0.25, -0.2) is 0 Å². The zero-order valence-corrected chi connectivity index (χ0v) is 8.13. The predicted octanol–water partition coefficient (Wildman–Crippen LogP) is 1.63. The number of nitrogens with zero attached hydrogens (tertiary/aromatic N) is 1. The van der Waals surface area contributed by atoms with Crippen molar-refractivity contribution in [2.75, 3.05) is 19.6 Å². The summed E-state index contributed by atoms with van der Waals surface area (Å²) in [6, 6.07) is 0. The third-order valence-corrected chi connectivity index (χ3v) is 2.47. The van der Waals surface area contributed by atoms with E-state index in [4.69, 9.17) is 0 Å². The first kappa shape index (κ1) is 10.0. The van der Waals surface area contributed by atoms with Gasteiger partial charge in [0.05, 0.1) is 6.10 Å². The fraction of sp³-hybridized carbons (Fsp3) is 1.00. The number of β-amino-alcohol motifs (C(OH)–C–C–N with tert-alkyl or cyclic N) is 1. The second-order valence-corrected chi connectivity index (χ2v) is 3.92. The molecule has 0 aromatic heterocycles. The monoisotopic (exact) mass is 171 g/mol. The van der Waals surface area contributed by atoms with E-state index < -0.39 is 0 Å². The van der Waals surface area contributed by atoms with Crippen LogP contribution < -0.4 is 0 Å². The van der Waals surface area contributed by atoms with Crippen molar-refractivity contribution in [3.8, 4) is 0 Å². The number of hydrogen-bond donors (Lipinski definition) is 1. The third kappa shape index (κ3) is 4.07. The Balaban J connectivity index is 2.20. The second-order valence-electron chi connectivity index (χ2n) is 3.92. The fourth-order valence-electron chi connectivity index (χ4n) is 1.87. The van der Waals surface area contributed by atoms with Crippen molar-refractivity contribution >= 4 is 0 Å². The summed E-state index contributed by atoms with van der Waals surface area (Å²) in [7, 11) is 0. The molecule has 0 bridgehead atoms. The van der Waals surface area contributed by atoms with E-state index in [9.17, 15) is 5.11 Å². The Labute approximate surface area is 75.6 Å². The topological polar surface area (TPSA) is 23.5 Å². The summed E-state index contributed by atoms with van der Waals surface area (Å²) in [4.78, 5) is 2.39. The van der Waals surface area contributed by atoms with Crippen LogP contribution in [0, 0.1) is 0 Å². The van der Waals surface area contributed by atoms with E-state index in [1.807, 2.05) is 6.92 Å². The molecule has 1 rings (SSSR count). The summed E-state index contributed by atoms with van der Waals surface area (Å²) in [6.45, 7) is 5.11. The van der Waals surface area contributed by atoms with Crippen molar-refractivity contribution in [2.24, 2.45) is 0 Å². The molecular formula is C10H21NO. The largest absolute Gasteiger partial charge is 0.392 e. The van der Waals surface area contributed by atoms with Crippen LogP contribution in [0.25, 0.3) is 0 Å². The molecule has 0 aliphatic carbocycles. The lowest BCUT2D eigenvalue weighted by atomic mass is 10.1. The molecule has 0 amide bonds. The van der Waals surface area contributed by atoms with Crippen LogP contribution in [-0.2, 0) is 0 Å². The minimum atomic E-state index is -0.163. The van der Waals surface area contributed by atoms with Crippen molar-refractivity contribution in [3.63, 3.8) is 0 Å². The van der Waals surface area contributed by atoms with Gasteiger partial charge in [0.25, 0.3) is 0 Å². The first-order valence-electron chi connectivity index (χ1n) is 5.19. The van der Waals surface area contributed by atoms with E-state index >= 15 is 0 Å². The Morgan fingerprint density at radius 2 is 1.58 bits per heavy atom. The summed E-state index contributed by atoms with van der Waals surface area (Å²) in [5.74, 6) is 0. The lowest BCUT2D eigenvalue weighted by Crippen LogP contribution is -2.33. The first-order valence-corrected chi connectivity index (χ1v) is 5.19. The molecule has 1 N–H and O–H groups in total. The summed E-state index contributed by atoms with van der Waals surface area (Å²) in [6.07, 6.45) is 6.61. The lowest BCUT2D eigenvalue weighted by molar-refractivity contribution is 0.121. The van der Waals surface area contributed by atoms with Gasteiger partial charge in [-0.05, 0) is 32.9 Å². The minimum absolute atomic E-state index is 0.163. The molecule has 0 spiro atoms. The Kier molecular flexibility index (Phi) is 4.62. The quantitative estimate of drug-likeness (QED) is 0.682. The Morgan fingerprint density at radius 1 is 1.08 bits per heavy atom. The molecule has 12 heavy (non-hydrogen) atoms. The molecule has 0 radical (unpaired) electrons. The van der Waals surface area contributed by atoms with E-state index in [1.165, 1.54) is 45.2 Å². The summed E-state index contributed by atoms with van der Waals surface area (Å²) >= 11 is 0. The maximum absolute atomic E-state index is 9.23. The van der Waals surface area contributed by atoms with Crippen molar-refractivity contribution < 1.29 is 5.11 Å². The van der Waals surface area contributed by atoms with E-state index in [2.05, 4.69) is 4.90 Å². The van der Waals surface area contributed by atoms with Crippen molar-refractivity contribution in [1.82, 2.24) is 4.90 Å². The molecule has 0 saturated carbocycles. The van der Waals surface area contributed by atoms with Gasteiger partial charge in [0.1, 0.15) is 0 Å². The first-order chi connectivity index (χ1) is 5.79. The number of likely N-dealkylation sites (tertiary alicyclic amines) is 1. The van der Waals surface area contributed by atoms with Gasteiger partial charge in [-0.2, -0.15) is 0 Å². The van der Waals surface area contributed by atoms with Crippen molar-refractivity contribution in [2.45, 2.75) is 45.1 Å². The molecule has 1 fully saturated rings. The molecule has 0 unspecified atom stereocenters. The minimum Gasteiger partial charge on any atom is -0.392 e. The predicted molar refractivity (Wildman–Crippen MR) is 51.2 cm³/mol. The molecule has 2 nitrogen and oxygen atoms in total. The van der Waals surface area contributed by atoms with Crippen molar-refractivity contribution in [3.05, 3.63) is 0 Å². The van der Waals surface area contributed by atoms with Gasteiger partial charge >= 0.3 is 0 Å². The molecule has 1 saturated heterocycles. The second kappa shape index (κ2) is 5.55. The number of rotatable bonds is 2. The SMILES string of the molecule is C[C@H](O)CN1CCCCCCC1. The van der Waals surface area contributed by atoms with Crippen LogP contribution in [0.1, 0.15) is 39.0 Å². The highest BCUT2D eigenvalue weighted by Gasteiger charge is 2.09. The third-order valence-electron chi connectivity index (χ3n) is 2.47. The number of aliphatic hydroxyl groups is 1. The highest BCUT2D eigenvalue weighted by atomic mass is 16.3. The highest BCUT2D eigenvalue weighted by molar-refractivity contribution is 4.64. The van der Waals surface area contributed by atoms with E-state index in [0.717, 1.165) is 6.54 Å². The van der Waals surface area contributed by atoms with Gasteiger partial charge < -0.3 is 10.0 Å². The van der Waals surface area contributed by atoms with Crippen LogP contribution in [0.15, 0.2) is 0 Å². The van der Waals surface area contributed by atoms with E-state index in [0.29, 0.717) is 0 Å². The summed E-state index contributed by atoms with van der Waals surface area (Å²) in [5, 5.41) is 9.23. The van der Waals surface area contributed by atoms with Gasteiger partial charge in [0.15, 0.2) is 0 Å². The summed E-state index contributed by atoms with van der Waals surface area (Å²) < 4.78 is 0. The molecule has 1 aliphatic rings. The van der Waals surface area contributed by atoms with Gasteiger partial charge in [-0.15, -0.1) is 0 Å². The Bertz CT molecular complexity index is 106. The van der Waals surface area contributed by atoms with Gasteiger partial charge in [0.2, 0.25) is 0 Å². The van der Waals surface area contributed by atoms with Crippen LogP contribution in [0.5, 0.6) is 0 Å². The molecule has 1 atom stereocenters. The number of aliphatic hydroxyl groups excluding tert-OH is 1. The van der Waals surface area contributed by atoms with Crippen LogP contribution >= 0.6 is 0 Å².